The zero-order chi connectivity index (χ0) is 14.7. The van der Waals surface area contributed by atoms with Crippen LogP contribution in [0.5, 0.6) is 0 Å². The Hall–Kier alpha value is -2.55. The average Bonchev–Trinajstić information content (AvgIpc) is 2.76. The van der Waals surface area contributed by atoms with Gasteiger partial charge in [0.25, 0.3) is 0 Å². The third kappa shape index (κ3) is 3.26. The minimum atomic E-state index is -0.958. The number of hydrogen-bond donors (Lipinski definition) is 2. The molecule has 3 N–H and O–H groups in total. The first-order valence-corrected chi connectivity index (χ1v) is 6.27. The molecule has 0 aliphatic rings. The minimum absolute atomic E-state index is 0.0150. The van der Waals surface area contributed by atoms with Crippen molar-refractivity contribution in [1.29, 1.82) is 0 Å². The molecule has 9 heteroatoms. The number of nitro groups is 1. The zero-order valence-corrected chi connectivity index (χ0v) is 10.8. The number of anilines is 2. The lowest BCUT2D eigenvalue weighted by Crippen LogP contribution is -2.14. The fraction of sp³-hybridized carbons (Fsp3) is 0.0909. The lowest BCUT2D eigenvalue weighted by atomic mass is 10.2. The maximum atomic E-state index is 13.1. The number of thiazole rings is 1. The molecule has 0 aliphatic carbocycles. The number of benzene rings is 1. The van der Waals surface area contributed by atoms with Gasteiger partial charge in [0.05, 0.1) is 17.0 Å². The number of nitrogens with zero attached hydrogens (tertiary/aromatic N) is 2. The molecular formula is C11H9FN4O3S. The van der Waals surface area contributed by atoms with Gasteiger partial charge in [-0.1, -0.05) is 0 Å². The van der Waals surface area contributed by atoms with Crippen LogP contribution in [0.25, 0.3) is 0 Å². The predicted molar refractivity (Wildman–Crippen MR) is 71.9 cm³/mol. The van der Waals surface area contributed by atoms with E-state index in [2.05, 4.69) is 10.3 Å². The molecule has 1 aromatic carbocycles. The van der Waals surface area contributed by atoms with Crippen LogP contribution >= 0.6 is 11.3 Å². The topological polar surface area (TPSA) is 111 Å². The van der Waals surface area contributed by atoms with E-state index in [1.54, 1.807) is 5.38 Å². The summed E-state index contributed by atoms with van der Waals surface area (Å²) in [6.45, 7) is 0. The van der Waals surface area contributed by atoms with Crippen molar-refractivity contribution >= 4 is 33.8 Å². The second-order valence-electron chi connectivity index (χ2n) is 3.83. The molecule has 2 aromatic rings. The summed E-state index contributed by atoms with van der Waals surface area (Å²) in [6.07, 6.45) is -0.0150. The Morgan fingerprint density at radius 1 is 1.55 bits per heavy atom. The highest BCUT2D eigenvalue weighted by atomic mass is 32.1. The molecule has 2 rings (SSSR count). The van der Waals surface area contributed by atoms with Crippen molar-refractivity contribution in [3.05, 3.63) is 45.2 Å². The summed E-state index contributed by atoms with van der Waals surface area (Å²) in [6, 6.07) is 3.13. The summed E-state index contributed by atoms with van der Waals surface area (Å²) >= 11 is 1.21. The Morgan fingerprint density at radius 2 is 2.30 bits per heavy atom. The van der Waals surface area contributed by atoms with E-state index in [0.29, 0.717) is 10.8 Å². The van der Waals surface area contributed by atoms with Crippen molar-refractivity contribution in [1.82, 2.24) is 4.98 Å². The van der Waals surface area contributed by atoms with Crippen molar-refractivity contribution in [2.45, 2.75) is 6.42 Å². The van der Waals surface area contributed by atoms with Crippen LogP contribution in [-0.4, -0.2) is 15.8 Å². The molecule has 0 bridgehead atoms. The highest BCUT2D eigenvalue weighted by Crippen LogP contribution is 2.21. The number of nitro benzene ring substituents is 1. The molecule has 0 aliphatic heterocycles. The lowest BCUT2D eigenvalue weighted by Gasteiger charge is -2.04. The standard InChI is InChI=1S/C11H9FN4O3S/c12-8-2-1-6(3-9(8)16(18)19)14-10(17)4-7-5-20-11(13)15-7/h1-3,5H,4H2,(H2,13,15)(H,14,17). The Kier molecular flexibility index (Phi) is 3.89. The molecule has 0 unspecified atom stereocenters. The predicted octanol–water partition coefficient (Wildman–Crippen LogP) is 1.95. The maximum absolute atomic E-state index is 13.1. The summed E-state index contributed by atoms with van der Waals surface area (Å²) in [5.74, 6) is -1.38. The van der Waals surface area contributed by atoms with E-state index < -0.39 is 22.3 Å². The van der Waals surface area contributed by atoms with Crippen LogP contribution in [0, 0.1) is 15.9 Å². The van der Waals surface area contributed by atoms with Gasteiger partial charge < -0.3 is 11.1 Å². The smallest absolute Gasteiger partial charge is 0.306 e. The molecule has 0 radical (unpaired) electrons. The summed E-state index contributed by atoms with van der Waals surface area (Å²) in [5.41, 5.74) is 5.39. The number of carbonyl (C=O) groups is 1. The van der Waals surface area contributed by atoms with Gasteiger partial charge in [-0.2, -0.15) is 4.39 Å². The van der Waals surface area contributed by atoms with Gasteiger partial charge in [0.2, 0.25) is 11.7 Å². The number of hydrogen-bond acceptors (Lipinski definition) is 6. The average molecular weight is 296 g/mol. The highest BCUT2D eigenvalue weighted by molar-refractivity contribution is 7.13. The largest absolute Gasteiger partial charge is 0.375 e. The summed E-state index contributed by atoms with van der Waals surface area (Å²) in [5, 5.41) is 15.0. The number of nitrogens with two attached hydrogens (primary N) is 1. The lowest BCUT2D eigenvalue weighted by molar-refractivity contribution is -0.387. The van der Waals surface area contributed by atoms with E-state index in [-0.39, 0.29) is 12.1 Å². The SMILES string of the molecule is Nc1nc(CC(=O)Nc2ccc(F)c([N+](=O)[O-])c2)cs1. The van der Waals surface area contributed by atoms with Crippen molar-refractivity contribution in [3.63, 3.8) is 0 Å². The Bertz CT molecular complexity index is 673. The van der Waals surface area contributed by atoms with Crippen LogP contribution in [-0.2, 0) is 11.2 Å². The van der Waals surface area contributed by atoms with Crippen molar-refractivity contribution in [3.8, 4) is 0 Å². The summed E-state index contributed by atoms with van der Waals surface area (Å²) in [4.78, 5) is 25.4. The third-order valence-corrected chi connectivity index (χ3v) is 3.06. The molecule has 0 fully saturated rings. The minimum Gasteiger partial charge on any atom is -0.375 e. The van der Waals surface area contributed by atoms with Gasteiger partial charge in [-0.05, 0) is 12.1 Å². The molecule has 104 valence electrons. The van der Waals surface area contributed by atoms with Crippen LogP contribution in [0.2, 0.25) is 0 Å². The van der Waals surface area contributed by atoms with E-state index in [1.807, 2.05) is 0 Å². The Labute approximate surface area is 116 Å². The zero-order valence-electron chi connectivity index (χ0n) is 10.00. The normalized spacial score (nSPS) is 10.2. The number of rotatable bonds is 4. The fourth-order valence-corrected chi connectivity index (χ4v) is 2.07. The molecule has 1 aromatic heterocycles. The van der Waals surface area contributed by atoms with Gasteiger partial charge in [-0.25, -0.2) is 4.98 Å². The maximum Gasteiger partial charge on any atom is 0.306 e. The van der Waals surface area contributed by atoms with Crippen LogP contribution in [0.3, 0.4) is 0 Å². The molecule has 1 heterocycles. The van der Waals surface area contributed by atoms with Crippen LogP contribution in [0.1, 0.15) is 5.69 Å². The van der Waals surface area contributed by atoms with Gasteiger partial charge in [-0.3, -0.25) is 14.9 Å². The molecule has 0 saturated heterocycles. The number of nitrogen functional groups attached to an aromatic ring is 1. The summed E-state index contributed by atoms with van der Waals surface area (Å²) in [7, 11) is 0. The monoisotopic (exact) mass is 296 g/mol. The van der Waals surface area contributed by atoms with Gasteiger partial charge in [0.1, 0.15) is 0 Å². The van der Waals surface area contributed by atoms with Crippen molar-refractivity contribution in [2.75, 3.05) is 11.1 Å². The van der Waals surface area contributed by atoms with E-state index in [9.17, 15) is 19.3 Å². The van der Waals surface area contributed by atoms with Gasteiger partial charge in [0, 0.05) is 17.1 Å². The molecule has 1 amide bonds. The fourth-order valence-electron chi connectivity index (χ4n) is 1.50. The second-order valence-corrected chi connectivity index (χ2v) is 4.72. The number of amides is 1. The highest BCUT2D eigenvalue weighted by Gasteiger charge is 2.15. The first-order chi connectivity index (χ1) is 9.45. The Morgan fingerprint density at radius 3 is 2.90 bits per heavy atom. The molecule has 20 heavy (non-hydrogen) atoms. The molecule has 0 saturated carbocycles. The van der Waals surface area contributed by atoms with Crippen LogP contribution < -0.4 is 11.1 Å². The molecule has 0 spiro atoms. The van der Waals surface area contributed by atoms with Crippen molar-refractivity contribution in [2.24, 2.45) is 0 Å². The summed E-state index contributed by atoms with van der Waals surface area (Å²) < 4.78 is 13.1. The second kappa shape index (κ2) is 5.61. The van der Waals surface area contributed by atoms with E-state index in [1.165, 1.54) is 17.4 Å². The molecular weight excluding hydrogens is 287 g/mol. The number of nitrogens with one attached hydrogen (secondary N) is 1. The van der Waals surface area contributed by atoms with Gasteiger partial charge >= 0.3 is 5.69 Å². The van der Waals surface area contributed by atoms with Gasteiger partial charge in [-0.15, -0.1) is 11.3 Å². The Balaban J connectivity index is 2.08. The number of aromatic nitrogens is 1. The number of halogens is 1. The number of carbonyl (C=O) groups excluding carboxylic acids is 1. The van der Waals surface area contributed by atoms with E-state index >= 15 is 0 Å². The first kappa shape index (κ1) is 13.9. The first-order valence-electron chi connectivity index (χ1n) is 5.39. The molecule has 0 atom stereocenters. The molecule has 7 nitrogen and oxygen atoms in total. The van der Waals surface area contributed by atoms with Crippen molar-refractivity contribution < 1.29 is 14.1 Å². The van der Waals surface area contributed by atoms with Crippen LogP contribution in [0.4, 0.5) is 20.9 Å². The van der Waals surface area contributed by atoms with E-state index in [4.69, 9.17) is 5.73 Å². The van der Waals surface area contributed by atoms with Gasteiger partial charge in [0.15, 0.2) is 5.13 Å². The third-order valence-electron chi connectivity index (χ3n) is 2.34. The quantitative estimate of drug-likeness (QED) is 0.661. The van der Waals surface area contributed by atoms with E-state index in [0.717, 1.165) is 12.1 Å². The van der Waals surface area contributed by atoms with Crippen LogP contribution in [0.15, 0.2) is 23.6 Å².